The molecule has 0 saturated carbocycles. The fraction of sp³-hybridized carbons (Fsp3) is 0.400. The van der Waals surface area contributed by atoms with E-state index in [1.54, 1.807) is 6.07 Å². The predicted octanol–water partition coefficient (Wildman–Crippen LogP) is 2.32. The number of nitrogens with one attached hydrogen (secondary N) is 1. The number of hydrogen-bond acceptors (Lipinski definition) is 5. The fourth-order valence-corrected chi connectivity index (χ4v) is 5.07. The summed E-state index contributed by atoms with van der Waals surface area (Å²) in [6.07, 6.45) is 0.650. The van der Waals surface area contributed by atoms with Crippen molar-refractivity contribution >= 4 is 10.9 Å². The van der Waals surface area contributed by atoms with E-state index in [2.05, 4.69) is 14.8 Å². The van der Waals surface area contributed by atoms with Gasteiger partial charge in [-0.15, -0.1) is 0 Å². The molecule has 5 rings (SSSR count). The lowest BCUT2D eigenvalue weighted by atomic mass is 9.79. The molecule has 6 heteroatoms. The molecular weight excluding hydrogens is 390 g/mol. The zero-order chi connectivity index (χ0) is 21.3. The number of pyridine rings is 1. The molecule has 2 aliphatic heterocycles. The van der Waals surface area contributed by atoms with Crippen molar-refractivity contribution in [2.75, 3.05) is 39.4 Å². The summed E-state index contributed by atoms with van der Waals surface area (Å²) in [4.78, 5) is 20.7. The van der Waals surface area contributed by atoms with E-state index in [9.17, 15) is 9.90 Å². The van der Waals surface area contributed by atoms with Crippen LogP contribution in [0.1, 0.15) is 17.7 Å². The summed E-state index contributed by atoms with van der Waals surface area (Å²) in [6, 6.07) is 19.4. The Labute approximate surface area is 182 Å². The minimum atomic E-state index is -0.897. The molecular formula is C25H29N3O3. The summed E-state index contributed by atoms with van der Waals surface area (Å²) in [6.45, 7) is 5.19. The van der Waals surface area contributed by atoms with Crippen molar-refractivity contribution in [1.82, 2.24) is 14.8 Å². The fourth-order valence-electron chi connectivity index (χ4n) is 5.07. The molecule has 0 bridgehead atoms. The first-order valence-electron chi connectivity index (χ1n) is 11.1. The SMILES string of the molecule is O=c1cc(CN2CC[C@](O)(c3ccccc3)[C@H](N3CCOCC3)C2)[nH]c2ccccc12. The van der Waals surface area contributed by atoms with E-state index in [-0.39, 0.29) is 11.5 Å². The van der Waals surface area contributed by atoms with E-state index in [0.29, 0.717) is 26.2 Å². The number of ether oxygens (including phenoxy) is 1. The minimum absolute atomic E-state index is 0.0280. The van der Waals surface area contributed by atoms with Crippen molar-refractivity contribution in [2.45, 2.75) is 24.6 Å². The number of piperidine rings is 1. The number of rotatable bonds is 4. The number of aromatic amines is 1. The second-order valence-corrected chi connectivity index (χ2v) is 8.64. The highest BCUT2D eigenvalue weighted by molar-refractivity contribution is 5.78. The number of nitrogens with zero attached hydrogens (tertiary/aromatic N) is 2. The van der Waals surface area contributed by atoms with Gasteiger partial charge in [0.25, 0.3) is 0 Å². The van der Waals surface area contributed by atoms with E-state index >= 15 is 0 Å². The number of para-hydroxylation sites is 1. The Morgan fingerprint density at radius 3 is 2.58 bits per heavy atom. The third-order valence-corrected chi connectivity index (χ3v) is 6.74. The van der Waals surface area contributed by atoms with Gasteiger partial charge in [-0.2, -0.15) is 0 Å². The maximum Gasteiger partial charge on any atom is 0.189 e. The smallest absolute Gasteiger partial charge is 0.189 e. The van der Waals surface area contributed by atoms with E-state index in [0.717, 1.165) is 48.3 Å². The Morgan fingerprint density at radius 1 is 1.03 bits per heavy atom. The molecule has 2 aliphatic rings. The number of likely N-dealkylation sites (tertiary alicyclic amines) is 1. The quantitative estimate of drug-likeness (QED) is 0.679. The van der Waals surface area contributed by atoms with Crippen LogP contribution >= 0.6 is 0 Å². The van der Waals surface area contributed by atoms with Gasteiger partial charge in [0, 0.05) is 55.4 Å². The standard InChI is InChI=1S/C25H29N3O3/c29-23-16-20(26-22-9-5-4-8-21(22)23)17-27-11-10-25(30,19-6-2-1-3-7-19)24(18-27)28-12-14-31-15-13-28/h1-9,16,24,30H,10-15,17-18H2,(H,26,29)/t24-,25+/m1/s1. The van der Waals surface area contributed by atoms with Gasteiger partial charge in [0.2, 0.25) is 0 Å². The Balaban J connectivity index is 1.42. The van der Waals surface area contributed by atoms with Gasteiger partial charge < -0.3 is 14.8 Å². The van der Waals surface area contributed by atoms with Crippen LogP contribution in [0.15, 0.2) is 65.5 Å². The number of aromatic nitrogens is 1. The Bertz CT molecular complexity index is 1090. The zero-order valence-corrected chi connectivity index (χ0v) is 17.7. The first-order chi connectivity index (χ1) is 15.1. The van der Waals surface area contributed by atoms with Crippen molar-refractivity contribution in [3.8, 4) is 0 Å². The molecule has 3 aromatic rings. The lowest BCUT2D eigenvalue weighted by Gasteiger charge is -2.50. The highest BCUT2D eigenvalue weighted by atomic mass is 16.5. The maximum absolute atomic E-state index is 12.5. The number of morpholine rings is 1. The van der Waals surface area contributed by atoms with Gasteiger partial charge in [0.15, 0.2) is 5.43 Å². The Kier molecular flexibility index (Phi) is 5.63. The topological polar surface area (TPSA) is 68.8 Å². The number of H-pyrrole nitrogens is 1. The van der Waals surface area contributed by atoms with Crippen LogP contribution in [0.4, 0.5) is 0 Å². The third kappa shape index (κ3) is 4.04. The first-order valence-corrected chi connectivity index (χ1v) is 11.1. The maximum atomic E-state index is 12.5. The molecule has 31 heavy (non-hydrogen) atoms. The third-order valence-electron chi connectivity index (χ3n) is 6.74. The van der Waals surface area contributed by atoms with Gasteiger partial charge >= 0.3 is 0 Å². The Hall–Kier alpha value is -2.51. The molecule has 0 unspecified atom stereocenters. The van der Waals surface area contributed by atoms with E-state index in [1.165, 1.54) is 0 Å². The van der Waals surface area contributed by atoms with Crippen LogP contribution in [-0.2, 0) is 16.9 Å². The molecule has 3 heterocycles. The van der Waals surface area contributed by atoms with Crippen LogP contribution in [0.2, 0.25) is 0 Å². The molecule has 2 saturated heterocycles. The summed E-state index contributed by atoms with van der Waals surface area (Å²) >= 11 is 0. The molecule has 0 radical (unpaired) electrons. The molecule has 0 amide bonds. The molecule has 2 N–H and O–H groups in total. The van der Waals surface area contributed by atoms with Crippen LogP contribution in [-0.4, -0.2) is 65.3 Å². The summed E-state index contributed by atoms with van der Waals surface area (Å²) in [5.41, 5.74) is 1.91. The van der Waals surface area contributed by atoms with Crippen molar-refractivity contribution in [3.05, 3.63) is 82.1 Å². The van der Waals surface area contributed by atoms with Crippen molar-refractivity contribution in [1.29, 1.82) is 0 Å². The molecule has 2 aromatic carbocycles. The predicted molar refractivity (Wildman–Crippen MR) is 121 cm³/mol. The van der Waals surface area contributed by atoms with Crippen LogP contribution in [0.5, 0.6) is 0 Å². The number of fused-ring (bicyclic) bond motifs is 1. The average Bonchev–Trinajstić information content (AvgIpc) is 2.82. The van der Waals surface area contributed by atoms with Gasteiger partial charge in [-0.1, -0.05) is 42.5 Å². The first kappa shape index (κ1) is 20.4. The summed E-state index contributed by atoms with van der Waals surface area (Å²) in [5, 5.41) is 12.6. The summed E-state index contributed by atoms with van der Waals surface area (Å²) in [5.74, 6) is 0. The van der Waals surface area contributed by atoms with Crippen molar-refractivity contribution in [3.63, 3.8) is 0 Å². The van der Waals surface area contributed by atoms with Gasteiger partial charge in [0.05, 0.1) is 19.3 Å². The number of aliphatic hydroxyl groups is 1. The van der Waals surface area contributed by atoms with E-state index in [4.69, 9.17) is 4.74 Å². The van der Waals surface area contributed by atoms with E-state index < -0.39 is 5.60 Å². The van der Waals surface area contributed by atoms with Crippen molar-refractivity contribution in [2.24, 2.45) is 0 Å². The van der Waals surface area contributed by atoms with E-state index in [1.807, 2.05) is 54.6 Å². The number of hydrogen-bond donors (Lipinski definition) is 2. The van der Waals surface area contributed by atoms with Crippen molar-refractivity contribution < 1.29 is 9.84 Å². The molecule has 2 atom stereocenters. The van der Waals surface area contributed by atoms with Crippen LogP contribution in [0, 0.1) is 0 Å². The molecule has 1 aromatic heterocycles. The monoisotopic (exact) mass is 419 g/mol. The average molecular weight is 420 g/mol. The van der Waals surface area contributed by atoms with Gasteiger partial charge in [-0.3, -0.25) is 14.6 Å². The highest BCUT2D eigenvalue weighted by Gasteiger charge is 2.45. The Morgan fingerprint density at radius 2 is 1.77 bits per heavy atom. The highest BCUT2D eigenvalue weighted by Crippen LogP contribution is 2.36. The van der Waals surface area contributed by atoms with Gasteiger partial charge in [0.1, 0.15) is 5.60 Å². The minimum Gasteiger partial charge on any atom is -0.383 e. The second kappa shape index (κ2) is 8.55. The van der Waals surface area contributed by atoms with Crippen LogP contribution in [0.25, 0.3) is 10.9 Å². The molecule has 6 nitrogen and oxygen atoms in total. The van der Waals surface area contributed by atoms with Crippen LogP contribution in [0.3, 0.4) is 0 Å². The summed E-state index contributed by atoms with van der Waals surface area (Å²) in [7, 11) is 0. The molecule has 0 spiro atoms. The van der Waals surface area contributed by atoms with Gasteiger partial charge in [-0.05, 0) is 24.1 Å². The van der Waals surface area contributed by atoms with Gasteiger partial charge in [-0.25, -0.2) is 0 Å². The number of benzene rings is 2. The normalized spacial score (nSPS) is 25.6. The van der Waals surface area contributed by atoms with Crippen LogP contribution < -0.4 is 5.43 Å². The second-order valence-electron chi connectivity index (χ2n) is 8.64. The summed E-state index contributed by atoms with van der Waals surface area (Å²) < 4.78 is 5.56. The zero-order valence-electron chi connectivity index (χ0n) is 17.7. The lowest BCUT2D eigenvalue weighted by Crippen LogP contribution is -2.62. The molecule has 0 aliphatic carbocycles. The lowest BCUT2D eigenvalue weighted by molar-refractivity contribution is -0.119. The molecule has 162 valence electrons. The molecule has 2 fully saturated rings. The largest absolute Gasteiger partial charge is 0.383 e.